The number of carbonyl (C=O) groups excluding carboxylic acids is 1. The maximum absolute atomic E-state index is 11.8. The van der Waals surface area contributed by atoms with Gasteiger partial charge in [0, 0.05) is 16.4 Å². The van der Waals surface area contributed by atoms with Gasteiger partial charge >= 0.3 is 5.97 Å². The fourth-order valence-corrected chi connectivity index (χ4v) is 1.98. The summed E-state index contributed by atoms with van der Waals surface area (Å²) >= 11 is 3.30. The third-order valence-corrected chi connectivity index (χ3v) is 2.98. The van der Waals surface area contributed by atoms with Crippen LogP contribution in [0.25, 0.3) is 0 Å². The van der Waals surface area contributed by atoms with Gasteiger partial charge in [-0.1, -0.05) is 22.0 Å². The van der Waals surface area contributed by atoms with Crippen LogP contribution in [-0.2, 0) is 4.79 Å². The molecule has 2 aromatic rings. The van der Waals surface area contributed by atoms with Crippen molar-refractivity contribution in [2.45, 2.75) is 0 Å². The van der Waals surface area contributed by atoms with Gasteiger partial charge in [-0.05, 0) is 24.3 Å². The third kappa shape index (κ3) is 4.28. The molecule has 0 spiro atoms. The van der Waals surface area contributed by atoms with E-state index in [1.54, 1.807) is 18.2 Å². The molecule has 0 saturated carbocycles. The molecule has 1 aromatic heterocycles. The molecule has 21 heavy (non-hydrogen) atoms. The molecule has 0 saturated heterocycles. The van der Waals surface area contributed by atoms with Crippen molar-refractivity contribution < 1.29 is 19.4 Å². The summed E-state index contributed by atoms with van der Waals surface area (Å²) in [7, 11) is 0. The number of rotatable bonds is 5. The zero-order chi connectivity index (χ0) is 15.2. The lowest BCUT2D eigenvalue weighted by Gasteiger charge is -2.09. The number of ether oxygens (including phenoxy) is 1. The molecule has 0 unspecified atom stereocenters. The van der Waals surface area contributed by atoms with Gasteiger partial charge in [0.25, 0.3) is 5.91 Å². The number of hydrogen-bond acceptors (Lipinski definition) is 4. The zero-order valence-corrected chi connectivity index (χ0v) is 12.3. The van der Waals surface area contributed by atoms with Crippen molar-refractivity contribution in [3.63, 3.8) is 0 Å². The quantitative estimate of drug-likeness (QED) is 0.864. The van der Waals surface area contributed by atoms with E-state index in [0.29, 0.717) is 5.69 Å². The highest BCUT2D eigenvalue weighted by molar-refractivity contribution is 9.10. The summed E-state index contributed by atoms with van der Waals surface area (Å²) < 4.78 is 6.03. The number of pyridine rings is 1. The van der Waals surface area contributed by atoms with Crippen LogP contribution in [0.5, 0.6) is 5.75 Å². The minimum absolute atomic E-state index is 0.0414. The van der Waals surface area contributed by atoms with Gasteiger partial charge in [0.05, 0.1) is 6.20 Å². The molecule has 108 valence electrons. The SMILES string of the molecule is O=C(COc1cnccc1C(=O)O)Nc1cccc(Br)c1. The first kappa shape index (κ1) is 15.0. The second-order valence-electron chi connectivity index (χ2n) is 4.02. The van der Waals surface area contributed by atoms with Gasteiger partial charge in [-0.15, -0.1) is 0 Å². The van der Waals surface area contributed by atoms with E-state index in [1.165, 1.54) is 18.5 Å². The first-order valence-electron chi connectivity index (χ1n) is 5.92. The first-order chi connectivity index (χ1) is 10.1. The van der Waals surface area contributed by atoms with Crippen molar-refractivity contribution in [3.05, 3.63) is 52.8 Å². The Labute approximate surface area is 128 Å². The fourth-order valence-electron chi connectivity index (χ4n) is 1.58. The molecule has 7 heteroatoms. The lowest BCUT2D eigenvalue weighted by Crippen LogP contribution is -2.20. The van der Waals surface area contributed by atoms with Crippen LogP contribution in [0.1, 0.15) is 10.4 Å². The van der Waals surface area contributed by atoms with Crippen LogP contribution in [0.15, 0.2) is 47.2 Å². The number of aromatic nitrogens is 1. The number of nitrogens with one attached hydrogen (secondary N) is 1. The smallest absolute Gasteiger partial charge is 0.339 e. The standard InChI is InChI=1S/C14H11BrN2O4/c15-9-2-1-3-10(6-9)17-13(18)8-21-12-7-16-5-4-11(12)14(19)20/h1-7H,8H2,(H,17,18)(H,19,20). The molecule has 6 nitrogen and oxygen atoms in total. The van der Waals surface area contributed by atoms with E-state index in [1.807, 2.05) is 6.07 Å². The zero-order valence-electron chi connectivity index (χ0n) is 10.7. The van der Waals surface area contributed by atoms with Crippen molar-refractivity contribution in [2.75, 3.05) is 11.9 Å². The van der Waals surface area contributed by atoms with Crippen LogP contribution in [0.2, 0.25) is 0 Å². The second-order valence-corrected chi connectivity index (χ2v) is 4.94. The van der Waals surface area contributed by atoms with E-state index in [2.05, 4.69) is 26.2 Å². The fraction of sp³-hybridized carbons (Fsp3) is 0.0714. The summed E-state index contributed by atoms with van der Waals surface area (Å²) in [4.78, 5) is 26.5. The lowest BCUT2D eigenvalue weighted by atomic mass is 10.2. The average molecular weight is 351 g/mol. The van der Waals surface area contributed by atoms with Crippen molar-refractivity contribution in [3.8, 4) is 5.75 Å². The predicted octanol–water partition coefficient (Wildman–Crippen LogP) is 2.56. The van der Waals surface area contributed by atoms with Gasteiger partial charge in [-0.3, -0.25) is 9.78 Å². The Morgan fingerprint density at radius 3 is 2.86 bits per heavy atom. The molecule has 0 bridgehead atoms. The molecule has 0 aliphatic heterocycles. The van der Waals surface area contributed by atoms with Gasteiger partial charge in [0.2, 0.25) is 0 Å². The van der Waals surface area contributed by atoms with E-state index >= 15 is 0 Å². The van der Waals surface area contributed by atoms with E-state index < -0.39 is 11.9 Å². The molecule has 0 aliphatic rings. The summed E-state index contributed by atoms with van der Waals surface area (Å²) in [6.07, 6.45) is 2.60. The van der Waals surface area contributed by atoms with Crippen molar-refractivity contribution in [1.29, 1.82) is 0 Å². The number of aromatic carboxylic acids is 1. The summed E-state index contributed by atoms with van der Waals surface area (Å²) in [5.74, 6) is -1.48. The van der Waals surface area contributed by atoms with Crippen molar-refractivity contribution in [2.24, 2.45) is 0 Å². The van der Waals surface area contributed by atoms with Crippen LogP contribution in [0.4, 0.5) is 5.69 Å². The number of carboxylic acids is 1. The summed E-state index contributed by atoms with van der Waals surface area (Å²) in [6.45, 7) is -0.307. The van der Waals surface area contributed by atoms with Gasteiger partial charge < -0.3 is 15.2 Å². The van der Waals surface area contributed by atoms with Crippen LogP contribution >= 0.6 is 15.9 Å². The molecule has 0 aliphatic carbocycles. The molecule has 2 rings (SSSR count). The number of hydrogen-bond donors (Lipinski definition) is 2. The maximum Gasteiger partial charge on any atom is 0.339 e. The highest BCUT2D eigenvalue weighted by Crippen LogP contribution is 2.17. The molecule has 0 fully saturated rings. The van der Waals surface area contributed by atoms with Crippen LogP contribution in [0, 0.1) is 0 Å². The number of nitrogens with zero attached hydrogens (tertiary/aromatic N) is 1. The lowest BCUT2D eigenvalue weighted by molar-refractivity contribution is -0.118. The normalized spacial score (nSPS) is 9.95. The number of halogens is 1. The van der Waals surface area contributed by atoms with Gasteiger partial charge in [-0.2, -0.15) is 0 Å². The molecule has 0 radical (unpaired) electrons. The summed E-state index contributed by atoms with van der Waals surface area (Å²) in [5, 5.41) is 11.6. The highest BCUT2D eigenvalue weighted by atomic mass is 79.9. The predicted molar refractivity (Wildman–Crippen MR) is 79.5 cm³/mol. The summed E-state index contributed by atoms with van der Waals surface area (Å²) in [6, 6.07) is 8.40. The Morgan fingerprint density at radius 1 is 1.33 bits per heavy atom. The minimum atomic E-state index is -1.14. The average Bonchev–Trinajstić information content (AvgIpc) is 2.45. The molecule has 1 amide bonds. The Kier molecular flexibility index (Phi) is 4.89. The highest BCUT2D eigenvalue weighted by Gasteiger charge is 2.12. The van der Waals surface area contributed by atoms with Crippen molar-refractivity contribution in [1.82, 2.24) is 4.98 Å². The number of carbonyl (C=O) groups is 2. The Hall–Kier alpha value is -2.41. The monoisotopic (exact) mass is 350 g/mol. The first-order valence-corrected chi connectivity index (χ1v) is 6.71. The van der Waals surface area contributed by atoms with E-state index in [4.69, 9.17) is 9.84 Å². The Morgan fingerprint density at radius 2 is 2.14 bits per heavy atom. The second kappa shape index (κ2) is 6.85. The minimum Gasteiger partial charge on any atom is -0.481 e. The Balaban J connectivity index is 1.97. The van der Waals surface area contributed by atoms with Crippen molar-refractivity contribution >= 4 is 33.5 Å². The molecule has 1 aromatic carbocycles. The maximum atomic E-state index is 11.8. The molecular formula is C14H11BrN2O4. The third-order valence-electron chi connectivity index (χ3n) is 2.48. The van der Waals surface area contributed by atoms with Crippen LogP contribution in [0.3, 0.4) is 0 Å². The topological polar surface area (TPSA) is 88.5 Å². The number of anilines is 1. The van der Waals surface area contributed by atoms with Crippen LogP contribution < -0.4 is 10.1 Å². The van der Waals surface area contributed by atoms with Gasteiger partial charge in [0.15, 0.2) is 12.4 Å². The van der Waals surface area contributed by atoms with Gasteiger partial charge in [0.1, 0.15) is 5.56 Å². The molecule has 0 atom stereocenters. The van der Waals surface area contributed by atoms with Crippen LogP contribution in [-0.4, -0.2) is 28.6 Å². The largest absolute Gasteiger partial charge is 0.481 e. The van der Waals surface area contributed by atoms with E-state index in [-0.39, 0.29) is 17.9 Å². The Bertz CT molecular complexity index is 676. The molecule has 2 N–H and O–H groups in total. The van der Waals surface area contributed by atoms with Gasteiger partial charge in [-0.25, -0.2) is 4.79 Å². The van der Waals surface area contributed by atoms with E-state index in [9.17, 15) is 9.59 Å². The van der Waals surface area contributed by atoms with E-state index in [0.717, 1.165) is 4.47 Å². The number of amides is 1. The molecular weight excluding hydrogens is 340 g/mol. The number of benzene rings is 1. The number of carboxylic acid groups (broad SMARTS) is 1. The summed E-state index contributed by atoms with van der Waals surface area (Å²) in [5.41, 5.74) is 0.572. The molecule has 1 heterocycles.